The Kier molecular flexibility index (Phi) is 10.8. The molecule has 1 amide bonds. The molecule has 3 rings (SSSR count). The lowest BCUT2D eigenvalue weighted by Gasteiger charge is -2.35. The number of anilines is 1. The van der Waals surface area contributed by atoms with Crippen LogP contribution in [0.4, 0.5) is 5.82 Å². The maximum atomic E-state index is 13.6. The maximum Gasteiger partial charge on any atom is 0.270 e. The van der Waals surface area contributed by atoms with Crippen LogP contribution in [0.2, 0.25) is 0 Å². The van der Waals surface area contributed by atoms with Crippen molar-refractivity contribution in [1.29, 1.82) is 5.26 Å². The second-order valence-electron chi connectivity index (χ2n) is 10.5. The third-order valence-corrected chi connectivity index (χ3v) is 9.18. The molecule has 3 heterocycles. The van der Waals surface area contributed by atoms with Crippen molar-refractivity contribution in [3.05, 3.63) is 31.9 Å². The van der Waals surface area contributed by atoms with E-state index in [1.54, 1.807) is 9.47 Å². The number of nitriles is 1. The van der Waals surface area contributed by atoms with Crippen LogP contribution in [0.3, 0.4) is 0 Å². The Morgan fingerprint density at radius 1 is 1.16 bits per heavy atom. The SMILES string of the molecule is CCCCC(CC)CN1C(=O)C(=Cc2c(C)c(C#N)c(=O)n(CCCC)c2N2CCC(C)CC2)SC1=S. The van der Waals surface area contributed by atoms with E-state index in [2.05, 4.69) is 38.7 Å². The quantitative estimate of drug-likeness (QED) is 0.235. The fourth-order valence-corrected chi connectivity index (χ4v) is 6.45. The molecule has 0 N–H and O–H groups in total. The summed E-state index contributed by atoms with van der Waals surface area (Å²) in [5.41, 5.74) is 1.39. The predicted molar refractivity (Wildman–Crippen MR) is 159 cm³/mol. The zero-order valence-electron chi connectivity index (χ0n) is 23.1. The first kappa shape index (κ1) is 29.4. The third-order valence-electron chi connectivity index (χ3n) is 7.80. The van der Waals surface area contributed by atoms with Crippen molar-refractivity contribution >= 4 is 46.1 Å². The molecule has 1 aromatic rings. The summed E-state index contributed by atoms with van der Waals surface area (Å²) in [4.78, 5) is 31.6. The molecule has 0 spiro atoms. The van der Waals surface area contributed by atoms with Gasteiger partial charge in [-0.2, -0.15) is 5.26 Å². The monoisotopic (exact) mass is 542 g/mol. The van der Waals surface area contributed by atoms with Gasteiger partial charge in [-0.1, -0.05) is 77.4 Å². The van der Waals surface area contributed by atoms with Gasteiger partial charge in [0.2, 0.25) is 0 Å². The van der Waals surface area contributed by atoms with Gasteiger partial charge in [-0.25, -0.2) is 0 Å². The third kappa shape index (κ3) is 6.67. The largest absolute Gasteiger partial charge is 0.357 e. The summed E-state index contributed by atoms with van der Waals surface area (Å²) in [6.07, 6.45) is 10.2. The number of thioether (sulfide) groups is 1. The van der Waals surface area contributed by atoms with E-state index in [4.69, 9.17) is 12.2 Å². The van der Waals surface area contributed by atoms with Crippen molar-refractivity contribution in [3.8, 4) is 6.07 Å². The fourth-order valence-electron chi connectivity index (χ4n) is 5.19. The Bertz CT molecular complexity index is 1130. The van der Waals surface area contributed by atoms with E-state index in [1.165, 1.54) is 11.8 Å². The molecular weight excluding hydrogens is 500 g/mol. The first-order valence-electron chi connectivity index (χ1n) is 13.9. The average Bonchev–Trinajstić information content (AvgIpc) is 3.15. The Labute approximate surface area is 232 Å². The van der Waals surface area contributed by atoms with Gasteiger partial charge in [0.05, 0.1) is 4.91 Å². The molecule has 8 heteroatoms. The molecule has 2 saturated heterocycles. The van der Waals surface area contributed by atoms with E-state index in [1.807, 2.05) is 13.0 Å². The molecule has 0 aliphatic carbocycles. The number of amides is 1. The number of unbranched alkanes of at least 4 members (excludes halogenated alkanes) is 2. The van der Waals surface area contributed by atoms with Crippen LogP contribution >= 0.6 is 24.0 Å². The van der Waals surface area contributed by atoms with Crippen molar-refractivity contribution in [1.82, 2.24) is 9.47 Å². The summed E-state index contributed by atoms with van der Waals surface area (Å²) >= 11 is 6.99. The average molecular weight is 543 g/mol. The summed E-state index contributed by atoms with van der Waals surface area (Å²) in [6.45, 7) is 13.5. The number of hydrogen-bond donors (Lipinski definition) is 0. The van der Waals surface area contributed by atoms with Gasteiger partial charge in [0.1, 0.15) is 21.8 Å². The van der Waals surface area contributed by atoms with E-state index >= 15 is 0 Å². The lowest BCUT2D eigenvalue weighted by atomic mass is 9.97. The molecule has 0 saturated carbocycles. The van der Waals surface area contributed by atoms with Gasteiger partial charge in [-0.15, -0.1) is 0 Å². The Morgan fingerprint density at radius 2 is 1.84 bits per heavy atom. The number of rotatable bonds is 11. The van der Waals surface area contributed by atoms with E-state index in [0.29, 0.717) is 39.7 Å². The molecule has 0 bridgehead atoms. The molecule has 0 radical (unpaired) electrons. The number of carbonyl (C=O) groups excluding carboxylic acids is 1. The second kappa shape index (κ2) is 13.6. The highest BCUT2D eigenvalue weighted by Crippen LogP contribution is 2.37. The van der Waals surface area contributed by atoms with Crippen molar-refractivity contribution < 1.29 is 4.79 Å². The van der Waals surface area contributed by atoms with Gasteiger partial charge in [0.15, 0.2) is 0 Å². The predicted octanol–water partition coefficient (Wildman–Crippen LogP) is 6.48. The Morgan fingerprint density at radius 3 is 2.43 bits per heavy atom. The van der Waals surface area contributed by atoms with E-state index < -0.39 is 0 Å². The van der Waals surface area contributed by atoms with Gasteiger partial charge in [-0.3, -0.25) is 19.1 Å². The summed E-state index contributed by atoms with van der Waals surface area (Å²) in [5, 5.41) is 9.90. The number of aromatic nitrogens is 1. The van der Waals surface area contributed by atoms with Gasteiger partial charge in [0.25, 0.3) is 11.5 Å². The van der Waals surface area contributed by atoms with Crippen LogP contribution in [-0.4, -0.2) is 39.3 Å². The topological polar surface area (TPSA) is 69.3 Å². The molecule has 1 aromatic heterocycles. The second-order valence-corrected chi connectivity index (χ2v) is 12.2. The van der Waals surface area contributed by atoms with Crippen LogP contribution in [-0.2, 0) is 11.3 Å². The number of piperidine rings is 1. The number of hydrogen-bond acceptors (Lipinski definition) is 6. The van der Waals surface area contributed by atoms with Crippen LogP contribution in [0.25, 0.3) is 6.08 Å². The first-order chi connectivity index (χ1) is 17.8. The molecule has 202 valence electrons. The number of pyridine rings is 1. The van der Waals surface area contributed by atoms with E-state index in [9.17, 15) is 14.9 Å². The summed E-state index contributed by atoms with van der Waals surface area (Å²) < 4.78 is 2.38. The minimum atomic E-state index is -0.228. The molecule has 1 atom stereocenters. The zero-order chi connectivity index (χ0) is 27.1. The summed E-state index contributed by atoms with van der Waals surface area (Å²) in [5.74, 6) is 1.86. The highest BCUT2D eigenvalue weighted by atomic mass is 32.2. The fraction of sp³-hybridized carbons (Fsp3) is 0.655. The highest BCUT2D eigenvalue weighted by molar-refractivity contribution is 8.26. The minimum absolute atomic E-state index is 0.0626. The number of thiocarbonyl (C=S) groups is 1. The van der Waals surface area contributed by atoms with Crippen LogP contribution in [0, 0.1) is 30.1 Å². The molecule has 2 fully saturated rings. The lowest BCUT2D eigenvalue weighted by molar-refractivity contribution is -0.122. The van der Waals surface area contributed by atoms with Crippen molar-refractivity contribution in [2.24, 2.45) is 11.8 Å². The number of nitrogens with zero attached hydrogens (tertiary/aromatic N) is 4. The van der Waals surface area contributed by atoms with E-state index in [-0.39, 0.29) is 17.0 Å². The minimum Gasteiger partial charge on any atom is -0.357 e. The summed E-state index contributed by atoms with van der Waals surface area (Å²) in [6, 6.07) is 2.16. The highest BCUT2D eigenvalue weighted by Gasteiger charge is 2.34. The van der Waals surface area contributed by atoms with Crippen molar-refractivity contribution in [2.75, 3.05) is 24.5 Å². The van der Waals surface area contributed by atoms with Crippen LogP contribution in [0.1, 0.15) is 95.8 Å². The van der Waals surface area contributed by atoms with Gasteiger partial charge in [-0.05, 0) is 56.1 Å². The molecule has 0 aromatic carbocycles. The standard InChI is InChI=1S/C29H42N4O2S2/c1-6-9-11-22(8-3)19-33-28(35)25(37-29(33)36)17-23-21(5)24(18-30)27(34)32(14-10-7-2)26(23)31-15-12-20(4)13-16-31/h17,20,22H,6-16,19H2,1-5H3. The molecule has 2 aliphatic rings. The number of carbonyl (C=O) groups is 1. The zero-order valence-corrected chi connectivity index (χ0v) is 24.8. The molecule has 37 heavy (non-hydrogen) atoms. The smallest absolute Gasteiger partial charge is 0.270 e. The van der Waals surface area contributed by atoms with Gasteiger partial charge >= 0.3 is 0 Å². The van der Waals surface area contributed by atoms with Gasteiger partial charge in [0, 0.05) is 31.7 Å². The van der Waals surface area contributed by atoms with Crippen LogP contribution in [0.5, 0.6) is 0 Å². The molecule has 6 nitrogen and oxygen atoms in total. The van der Waals surface area contributed by atoms with Gasteiger partial charge < -0.3 is 4.90 Å². The first-order valence-corrected chi connectivity index (χ1v) is 15.2. The summed E-state index contributed by atoms with van der Waals surface area (Å²) in [7, 11) is 0. The molecule has 1 unspecified atom stereocenters. The Balaban J connectivity index is 2.09. The van der Waals surface area contributed by atoms with Crippen molar-refractivity contribution in [3.63, 3.8) is 0 Å². The molecule has 2 aliphatic heterocycles. The van der Waals surface area contributed by atoms with Crippen molar-refractivity contribution in [2.45, 2.75) is 92.5 Å². The maximum absolute atomic E-state index is 13.6. The normalized spacial score (nSPS) is 18.6. The lowest BCUT2D eigenvalue weighted by Crippen LogP contribution is -2.39. The van der Waals surface area contributed by atoms with E-state index in [0.717, 1.165) is 75.8 Å². The van der Waals surface area contributed by atoms with Crippen LogP contribution in [0.15, 0.2) is 9.70 Å². The van der Waals surface area contributed by atoms with Crippen LogP contribution < -0.4 is 10.5 Å². The Hall–Kier alpha value is -2.11. The molecular formula is C29H42N4O2S2.